The number of amidine groups is 1. The summed E-state index contributed by atoms with van der Waals surface area (Å²) in [7, 11) is 1.55. The maximum absolute atomic E-state index is 14.8. The first-order valence-corrected chi connectivity index (χ1v) is 8.58. The van der Waals surface area contributed by atoms with E-state index in [2.05, 4.69) is 15.3 Å². The third-order valence-corrected chi connectivity index (χ3v) is 5.05. The summed E-state index contributed by atoms with van der Waals surface area (Å²) in [4.78, 5) is 20.2. The lowest BCUT2D eigenvalue weighted by molar-refractivity contribution is 0.0958. The highest BCUT2D eigenvalue weighted by atomic mass is 19.1. The van der Waals surface area contributed by atoms with Crippen LogP contribution in [0.15, 0.2) is 41.5 Å². The van der Waals surface area contributed by atoms with Crippen LogP contribution < -0.4 is 11.1 Å². The molecule has 3 heterocycles. The first-order valence-electron chi connectivity index (χ1n) is 8.58. The number of fused-ring (bicyclic) bond motifs is 1. The second-order valence-electron chi connectivity index (χ2n) is 6.60. The van der Waals surface area contributed by atoms with Gasteiger partial charge in [-0.15, -0.1) is 0 Å². The molecule has 2 unspecified atom stereocenters. The molecule has 1 saturated heterocycles. The molecule has 1 fully saturated rings. The zero-order chi connectivity index (χ0) is 19.0. The lowest BCUT2D eigenvalue weighted by Gasteiger charge is -2.34. The number of aliphatic imine (C=N–C) groups is 1. The zero-order valence-electron chi connectivity index (χ0n) is 14.7. The van der Waals surface area contributed by atoms with Crippen LogP contribution in [0.2, 0.25) is 0 Å². The van der Waals surface area contributed by atoms with Gasteiger partial charge in [0, 0.05) is 30.3 Å². The molecule has 3 N–H and O–H groups in total. The molecule has 2 aliphatic rings. The van der Waals surface area contributed by atoms with Crippen molar-refractivity contribution in [3.8, 4) is 11.1 Å². The number of ether oxygens (including phenoxy) is 2. The number of carbonyl (C=O) groups is 1. The minimum atomic E-state index is -0.891. The molecule has 2 atom stereocenters. The number of carbonyl (C=O) groups excluding carboxylic acids is 1. The van der Waals surface area contributed by atoms with Gasteiger partial charge in [0.25, 0.3) is 11.9 Å². The number of benzene rings is 1. The zero-order valence-corrected chi connectivity index (χ0v) is 14.7. The van der Waals surface area contributed by atoms with E-state index < -0.39 is 5.54 Å². The van der Waals surface area contributed by atoms with Gasteiger partial charge in [0.1, 0.15) is 17.1 Å². The van der Waals surface area contributed by atoms with Crippen LogP contribution in [0.25, 0.3) is 11.1 Å². The number of nitrogens with two attached hydrogens (primary N) is 1. The van der Waals surface area contributed by atoms with Crippen LogP contribution in [-0.4, -0.2) is 43.8 Å². The molecule has 27 heavy (non-hydrogen) atoms. The highest BCUT2D eigenvalue weighted by molar-refractivity contribution is 5.92. The van der Waals surface area contributed by atoms with Gasteiger partial charge in [-0.05, 0) is 23.8 Å². The summed E-state index contributed by atoms with van der Waals surface area (Å²) in [5.74, 6) is -0.746. The lowest BCUT2D eigenvalue weighted by Crippen LogP contribution is -2.43. The fourth-order valence-corrected chi connectivity index (χ4v) is 3.56. The molecule has 2 aromatic rings. The SMILES string of the molecule is CNC(=O)c1ccc(-c2ccc(F)c(C34COCC3COC(N)=N4)c2)cn1. The number of aromatic nitrogens is 1. The van der Waals surface area contributed by atoms with Crippen molar-refractivity contribution in [2.24, 2.45) is 16.6 Å². The number of hydrogen-bond donors (Lipinski definition) is 2. The average Bonchev–Trinajstić information content (AvgIpc) is 3.11. The molecule has 0 spiro atoms. The fraction of sp³-hybridized carbons (Fsp3) is 0.316. The summed E-state index contributed by atoms with van der Waals surface area (Å²) in [6.07, 6.45) is 1.59. The summed E-state index contributed by atoms with van der Waals surface area (Å²) < 4.78 is 25.7. The van der Waals surface area contributed by atoms with Crippen molar-refractivity contribution in [3.63, 3.8) is 0 Å². The molecule has 1 aromatic heterocycles. The maximum atomic E-state index is 14.8. The molecule has 0 radical (unpaired) electrons. The van der Waals surface area contributed by atoms with E-state index in [-0.39, 0.29) is 30.3 Å². The van der Waals surface area contributed by atoms with E-state index >= 15 is 0 Å². The molecule has 0 bridgehead atoms. The fourth-order valence-electron chi connectivity index (χ4n) is 3.56. The van der Waals surface area contributed by atoms with E-state index in [0.717, 1.165) is 11.1 Å². The van der Waals surface area contributed by atoms with E-state index in [4.69, 9.17) is 15.2 Å². The Bertz CT molecular complexity index is 916. The van der Waals surface area contributed by atoms with Crippen LogP contribution in [0, 0.1) is 11.7 Å². The number of hydrogen-bond acceptors (Lipinski definition) is 6. The second-order valence-corrected chi connectivity index (χ2v) is 6.60. The number of amides is 1. The van der Waals surface area contributed by atoms with Crippen molar-refractivity contribution >= 4 is 11.9 Å². The lowest BCUT2D eigenvalue weighted by atomic mass is 9.79. The third kappa shape index (κ3) is 2.91. The molecular weight excluding hydrogens is 351 g/mol. The largest absolute Gasteiger partial charge is 0.465 e. The highest BCUT2D eigenvalue weighted by Gasteiger charge is 2.50. The minimum Gasteiger partial charge on any atom is -0.465 e. The first kappa shape index (κ1) is 17.4. The van der Waals surface area contributed by atoms with Gasteiger partial charge >= 0.3 is 0 Å². The molecule has 2 aliphatic heterocycles. The predicted octanol–water partition coefficient (Wildman–Crippen LogP) is 1.43. The van der Waals surface area contributed by atoms with Gasteiger partial charge < -0.3 is 20.5 Å². The van der Waals surface area contributed by atoms with Gasteiger partial charge in [-0.25, -0.2) is 9.38 Å². The summed E-state index contributed by atoms with van der Waals surface area (Å²) in [6.45, 7) is 1.01. The normalized spacial score (nSPS) is 23.9. The Balaban J connectivity index is 1.76. The van der Waals surface area contributed by atoms with E-state index in [1.807, 2.05) is 0 Å². The Morgan fingerprint density at radius 2 is 2.11 bits per heavy atom. The Hall–Kier alpha value is -3.00. The summed E-state index contributed by atoms with van der Waals surface area (Å²) in [5, 5.41) is 2.53. The van der Waals surface area contributed by atoms with Crippen molar-refractivity contribution in [3.05, 3.63) is 53.6 Å². The highest BCUT2D eigenvalue weighted by Crippen LogP contribution is 2.43. The van der Waals surface area contributed by atoms with Crippen molar-refractivity contribution in [2.75, 3.05) is 26.9 Å². The van der Waals surface area contributed by atoms with Crippen LogP contribution in [0.1, 0.15) is 16.1 Å². The molecule has 1 amide bonds. The smallest absolute Gasteiger partial charge is 0.282 e. The minimum absolute atomic E-state index is 0.0400. The number of nitrogens with one attached hydrogen (secondary N) is 1. The molecule has 140 valence electrons. The molecule has 7 nitrogen and oxygen atoms in total. The Morgan fingerprint density at radius 1 is 1.30 bits per heavy atom. The molecular formula is C19H19FN4O3. The van der Waals surface area contributed by atoms with Crippen molar-refractivity contribution in [1.29, 1.82) is 0 Å². The third-order valence-electron chi connectivity index (χ3n) is 5.05. The van der Waals surface area contributed by atoms with Crippen LogP contribution in [0.4, 0.5) is 4.39 Å². The van der Waals surface area contributed by atoms with E-state index in [1.165, 1.54) is 6.07 Å². The molecule has 0 aliphatic carbocycles. The standard InChI is InChI=1S/C19H19FN4O3/c1-22-17(25)16-5-3-12(7-23-16)11-2-4-15(20)14(6-11)19-10-26-8-13(19)9-27-18(21)24-19/h2-7,13H,8-10H2,1H3,(H2,21,24)(H,22,25). The number of rotatable bonds is 3. The Morgan fingerprint density at radius 3 is 2.85 bits per heavy atom. The van der Waals surface area contributed by atoms with Crippen molar-refractivity contribution < 1.29 is 18.7 Å². The summed E-state index contributed by atoms with van der Waals surface area (Å²) in [5.41, 5.74) is 7.15. The number of pyridine rings is 1. The Labute approximate surface area is 155 Å². The van der Waals surface area contributed by atoms with Gasteiger partial charge in [0.15, 0.2) is 0 Å². The van der Waals surface area contributed by atoms with Crippen molar-refractivity contribution in [1.82, 2.24) is 10.3 Å². The summed E-state index contributed by atoms with van der Waals surface area (Å²) in [6, 6.07) is 8.26. The topological polar surface area (TPSA) is 98.8 Å². The van der Waals surface area contributed by atoms with Crippen LogP contribution >= 0.6 is 0 Å². The Kier molecular flexibility index (Phi) is 4.27. The molecule has 4 rings (SSSR count). The van der Waals surface area contributed by atoms with E-state index in [1.54, 1.807) is 37.5 Å². The molecule has 1 aromatic carbocycles. The van der Waals surface area contributed by atoms with Gasteiger partial charge in [-0.1, -0.05) is 12.1 Å². The monoisotopic (exact) mass is 370 g/mol. The average molecular weight is 370 g/mol. The van der Waals surface area contributed by atoms with E-state index in [0.29, 0.717) is 24.5 Å². The second kappa shape index (κ2) is 6.62. The van der Waals surface area contributed by atoms with Crippen LogP contribution in [0.3, 0.4) is 0 Å². The van der Waals surface area contributed by atoms with Gasteiger partial charge in [-0.3, -0.25) is 9.78 Å². The van der Waals surface area contributed by atoms with E-state index in [9.17, 15) is 9.18 Å². The quantitative estimate of drug-likeness (QED) is 0.852. The first-order chi connectivity index (χ1) is 13.0. The maximum Gasteiger partial charge on any atom is 0.282 e. The molecule has 8 heteroatoms. The summed E-state index contributed by atoms with van der Waals surface area (Å²) >= 11 is 0. The predicted molar refractivity (Wildman–Crippen MR) is 96.6 cm³/mol. The number of halogens is 1. The van der Waals surface area contributed by atoms with Gasteiger partial charge in [-0.2, -0.15) is 0 Å². The van der Waals surface area contributed by atoms with Crippen molar-refractivity contribution in [2.45, 2.75) is 5.54 Å². The molecule has 0 saturated carbocycles. The van der Waals surface area contributed by atoms with Crippen LogP contribution in [-0.2, 0) is 15.0 Å². The van der Waals surface area contributed by atoms with Crippen LogP contribution in [0.5, 0.6) is 0 Å². The number of nitrogens with zero attached hydrogens (tertiary/aromatic N) is 2. The van der Waals surface area contributed by atoms with Gasteiger partial charge in [0.2, 0.25) is 0 Å². The van der Waals surface area contributed by atoms with Gasteiger partial charge in [0.05, 0.1) is 19.8 Å².